The molecule has 0 aromatic heterocycles. The maximum Gasteiger partial charge on any atom is 0.335 e. The van der Waals surface area contributed by atoms with Crippen LogP contribution in [0.25, 0.3) is 0 Å². The Balaban J connectivity index is 0.000000246. The molecule has 0 amide bonds. The molecule has 81 heavy (non-hydrogen) atoms. The molecule has 0 aromatic rings. The van der Waals surface area contributed by atoms with Crippen molar-refractivity contribution in [1.82, 2.24) is 0 Å². The number of hydrogen-bond donors (Lipinski definition) is 12. The molecule has 12 N–H and O–H groups in total. The number of aliphatic hydroxyl groups excluding tert-OH is 11. The fourth-order valence-electron chi connectivity index (χ4n) is 16.0. The number of esters is 2. The minimum atomic E-state index is -1.97. The van der Waals surface area contributed by atoms with E-state index in [4.69, 9.17) is 37.9 Å². The summed E-state index contributed by atoms with van der Waals surface area (Å²) in [4.78, 5) is 38.2. The van der Waals surface area contributed by atoms with Crippen molar-refractivity contribution in [2.24, 2.45) is 62.1 Å². The summed E-state index contributed by atoms with van der Waals surface area (Å²) < 4.78 is 44.4. The maximum atomic E-state index is 13.4. The molecule has 3 heterocycles. The van der Waals surface area contributed by atoms with Crippen molar-refractivity contribution in [1.29, 1.82) is 0 Å². The molecule has 8 aliphatic rings. The second-order valence-electron chi connectivity index (χ2n) is 26.7. The Labute approximate surface area is 474 Å². The number of carboxylic acids is 1. The lowest BCUT2D eigenvalue weighted by molar-refractivity contribution is -0.374. The highest BCUT2D eigenvalue weighted by Gasteiger charge is 2.76. The largest absolute Gasteiger partial charge is 0.479 e. The Kier molecular flexibility index (Phi) is 19.6. The quantitative estimate of drug-likeness (QED) is 0.0690. The zero-order chi connectivity index (χ0) is 60.6. The lowest BCUT2D eigenvalue weighted by atomic mass is 9.32. The number of carbonyl (C=O) groups is 3. The van der Waals surface area contributed by atoms with Crippen molar-refractivity contribution in [3.05, 3.63) is 23.3 Å². The van der Waals surface area contributed by atoms with Crippen LogP contribution in [0.3, 0.4) is 0 Å². The van der Waals surface area contributed by atoms with Crippen LogP contribution in [0.1, 0.15) is 122 Å². The van der Waals surface area contributed by atoms with E-state index in [0.29, 0.717) is 29.7 Å². The Hall–Kier alpha value is -2.79. The standard InChI is InChI=1S/C40H64O7.C18H30O16/c1-13-23(4)34(45)46-31-32(47-33(44)22(2)3)40(21-41)26(20-35(31,6)7)25-14-15-28-37(10)18-16-24(5)36(8,9)27(37)17-19-38(28,11)39(25,12)29(42)30(40)43;1-29-18-14(34-17-10(25)8(23)6(21)4(2-19)30-17)12(11(26)13(33-18)15(27)28)32-16-9(24)7(22)5(3-20)31-16/h13-14,22,24,26-32,41-43H,15-21H2,1-12H3;4-14,16-26H,2-3H2,1H3,(H,27,28)/b23-13-;/t24-,26?,27?,28?,29-,30+,31-,32-,37-,38+,39-,40-;4?,5-,6-,7?,8+,9-,10?,11-,12+,13?,14?,16-,17-,18+/m00/s1. The zero-order valence-electron chi connectivity index (χ0n) is 49.2. The Morgan fingerprint density at radius 1 is 0.716 bits per heavy atom. The van der Waals surface area contributed by atoms with Crippen LogP contribution >= 0.6 is 0 Å². The van der Waals surface area contributed by atoms with Gasteiger partial charge in [0.25, 0.3) is 0 Å². The number of methoxy groups -OCH3 is 1. The first-order valence-electron chi connectivity index (χ1n) is 28.7. The molecular weight excluding hydrogens is 1060 g/mol. The third kappa shape index (κ3) is 10.8. The van der Waals surface area contributed by atoms with Gasteiger partial charge >= 0.3 is 17.9 Å². The summed E-state index contributed by atoms with van der Waals surface area (Å²) in [7, 11) is 1.11. The number of hydrogen-bond acceptors (Lipinski definition) is 22. The third-order valence-electron chi connectivity index (χ3n) is 21.6. The van der Waals surface area contributed by atoms with Gasteiger partial charge in [-0.3, -0.25) is 4.79 Å². The van der Waals surface area contributed by atoms with Gasteiger partial charge in [0.2, 0.25) is 0 Å². The Bertz CT molecular complexity index is 2310. The van der Waals surface area contributed by atoms with E-state index in [0.717, 1.165) is 38.4 Å². The molecule has 464 valence electrons. The zero-order valence-corrected chi connectivity index (χ0v) is 49.2. The topological polar surface area (TPSA) is 368 Å². The molecular formula is C58H94O23. The minimum absolute atomic E-state index is 0.0926. The van der Waals surface area contributed by atoms with Crippen LogP contribution in [0.5, 0.6) is 0 Å². The number of ether oxygens (including phenoxy) is 8. The van der Waals surface area contributed by atoms with Gasteiger partial charge < -0.3 is 99.2 Å². The summed E-state index contributed by atoms with van der Waals surface area (Å²) in [5.41, 5.74) is -1.43. The van der Waals surface area contributed by atoms with Crippen molar-refractivity contribution < 1.29 is 114 Å². The fraction of sp³-hybridized carbons (Fsp3) is 0.879. The van der Waals surface area contributed by atoms with Gasteiger partial charge in [-0.25, -0.2) is 9.59 Å². The summed E-state index contributed by atoms with van der Waals surface area (Å²) in [6, 6.07) is 0. The van der Waals surface area contributed by atoms with Crippen LogP contribution in [0.2, 0.25) is 0 Å². The number of carboxylic acid groups (broad SMARTS) is 1. The van der Waals surface area contributed by atoms with Gasteiger partial charge in [-0.05, 0) is 92.3 Å². The van der Waals surface area contributed by atoms with E-state index in [9.17, 15) is 75.7 Å². The molecule has 5 aliphatic carbocycles. The van der Waals surface area contributed by atoms with Gasteiger partial charge in [0.05, 0.1) is 43.4 Å². The molecule has 7 fully saturated rings. The highest BCUT2D eigenvalue weighted by Crippen LogP contribution is 2.76. The molecule has 3 aliphatic heterocycles. The van der Waals surface area contributed by atoms with E-state index in [1.807, 2.05) is 13.8 Å². The van der Waals surface area contributed by atoms with Gasteiger partial charge in [0.15, 0.2) is 31.1 Å². The van der Waals surface area contributed by atoms with Crippen LogP contribution in [0.4, 0.5) is 0 Å². The summed E-state index contributed by atoms with van der Waals surface area (Å²) in [6.07, 6.45) is -18.4. The van der Waals surface area contributed by atoms with E-state index in [1.165, 1.54) is 6.42 Å². The van der Waals surface area contributed by atoms with Crippen LogP contribution in [-0.4, -0.2) is 217 Å². The minimum Gasteiger partial charge on any atom is -0.479 e. The summed E-state index contributed by atoms with van der Waals surface area (Å²) in [6.45, 7) is 23.3. The van der Waals surface area contributed by atoms with Gasteiger partial charge in [-0.2, -0.15) is 0 Å². The van der Waals surface area contributed by atoms with Crippen LogP contribution in [0.15, 0.2) is 23.3 Å². The molecule has 0 radical (unpaired) electrons. The van der Waals surface area contributed by atoms with E-state index < -0.39 is 176 Å². The molecule has 8 unspecified atom stereocenters. The maximum absolute atomic E-state index is 13.4. The lowest BCUT2D eigenvalue weighted by Crippen LogP contribution is -2.76. The number of aliphatic carboxylic acids is 1. The van der Waals surface area contributed by atoms with E-state index in [2.05, 4.69) is 47.6 Å². The third-order valence-corrected chi connectivity index (χ3v) is 21.6. The summed E-state index contributed by atoms with van der Waals surface area (Å²) >= 11 is 0. The van der Waals surface area contributed by atoms with Crippen molar-refractivity contribution in [3.8, 4) is 0 Å². The first kappa shape index (κ1) is 65.7. The molecule has 0 spiro atoms. The van der Waals surface area contributed by atoms with Crippen LogP contribution in [0, 0.1) is 62.1 Å². The first-order valence-corrected chi connectivity index (χ1v) is 28.7. The first-order chi connectivity index (χ1) is 37.7. The summed E-state index contributed by atoms with van der Waals surface area (Å²) in [5, 5.41) is 126. The van der Waals surface area contributed by atoms with Crippen LogP contribution < -0.4 is 0 Å². The molecule has 3 saturated heterocycles. The molecule has 0 aromatic carbocycles. The number of rotatable bonds is 13. The number of aliphatic hydroxyl groups is 11. The van der Waals surface area contributed by atoms with Gasteiger partial charge in [0, 0.05) is 23.5 Å². The Morgan fingerprint density at radius 3 is 1.81 bits per heavy atom. The normalized spacial score (nSPS) is 48.2. The van der Waals surface area contributed by atoms with Crippen LogP contribution in [-0.2, 0) is 52.3 Å². The fourth-order valence-corrected chi connectivity index (χ4v) is 16.0. The predicted octanol–water partition coefficient (Wildman–Crippen LogP) is 0.836. The lowest BCUT2D eigenvalue weighted by Gasteiger charge is -2.73. The average molecular weight is 1160 g/mol. The Morgan fingerprint density at radius 2 is 1.28 bits per heavy atom. The molecule has 26 atom stereocenters. The summed E-state index contributed by atoms with van der Waals surface area (Å²) in [5.74, 6) is -1.97. The smallest absolute Gasteiger partial charge is 0.335 e. The van der Waals surface area contributed by atoms with Crippen molar-refractivity contribution in [2.45, 2.75) is 232 Å². The molecule has 23 heteroatoms. The molecule has 23 nitrogen and oxygen atoms in total. The second kappa shape index (κ2) is 24.2. The molecule has 4 saturated carbocycles. The monoisotopic (exact) mass is 1160 g/mol. The molecule has 0 bridgehead atoms. The highest BCUT2D eigenvalue weighted by atomic mass is 16.8. The second-order valence-corrected chi connectivity index (χ2v) is 26.7. The SMILES string of the molecule is C/C=C(/C)C(=O)O[C@H]1[C@H](OC(=O)C(C)C)[C@@]2(CO)C(CC1(C)C)C1=CCC3[C@@]4(C)CC[C@H](C)C(C)(C)C4CC[C@@]3(C)[C@]1(C)[C@@H](O)[C@H]2O.CO[C@@H]1OC(C(=O)O)[C@@H](O)[C@@H](O[C@@H]2O[C@@H](CO)C(O)[C@@H]2O)C1O[C@@H]1OC(CO)[C@H](O)[C@@H](O)C1O. The van der Waals surface area contributed by atoms with E-state index in [1.54, 1.807) is 33.8 Å². The van der Waals surface area contributed by atoms with Gasteiger partial charge in [-0.1, -0.05) is 87.0 Å². The van der Waals surface area contributed by atoms with Crippen molar-refractivity contribution >= 4 is 17.9 Å². The predicted molar refractivity (Wildman–Crippen MR) is 283 cm³/mol. The van der Waals surface area contributed by atoms with Crippen molar-refractivity contribution in [3.63, 3.8) is 0 Å². The number of allylic oxidation sites excluding steroid dienone is 2. The highest BCUT2D eigenvalue weighted by molar-refractivity contribution is 5.87. The average Bonchev–Trinajstić information content (AvgIpc) is 2.41. The van der Waals surface area contributed by atoms with Gasteiger partial charge in [-0.15, -0.1) is 0 Å². The van der Waals surface area contributed by atoms with E-state index in [-0.39, 0.29) is 16.2 Å². The molecule has 8 rings (SSSR count). The van der Waals surface area contributed by atoms with Gasteiger partial charge in [0.1, 0.15) is 67.1 Å². The number of carbonyl (C=O) groups excluding carboxylic acids is 2. The van der Waals surface area contributed by atoms with E-state index >= 15 is 0 Å². The van der Waals surface area contributed by atoms with Crippen molar-refractivity contribution in [2.75, 3.05) is 26.9 Å². The number of fused-ring (bicyclic) bond motifs is 7.